The monoisotopic (exact) mass is 467 g/mol. The summed E-state index contributed by atoms with van der Waals surface area (Å²) >= 11 is 3.53. The summed E-state index contributed by atoms with van der Waals surface area (Å²) in [7, 11) is 0. The van der Waals surface area contributed by atoms with E-state index in [2.05, 4.69) is 60.0 Å². The first-order chi connectivity index (χ1) is 14.7. The number of hydrogen-bond acceptors (Lipinski definition) is 4. The molecule has 1 saturated heterocycles. The fourth-order valence-electron chi connectivity index (χ4n) is 3.74. The van der Waals surface area contributed by atoms with E-state index >= 15 is 0 Å². The maximum atomic E-state index is 12.1. The zero-order chi connectivity index (χ0) is 20.8. The Morgan fingerprint density at radius 3 is 2.87 bits per heavy atom. The van der Waals surface area contributed by atoms with Crippen molar-refractivity contribution < 1.29 is 4.79 Å². The number of para-hydroxylation sites is 1. The van der Waals surface area contributed by atoms with Crippen LogP contribution in [0.25, 0.3) is 10.9 Å². The molecule has 1 aliphatic heterocycles. The summed E-state index contributed by atoms with van der Waals surface area (Å²) in [5, 5.41) is 10.3. The number of amides is 2. The summed E-state index contributed by atoms with van der Waals surface area (Å²) < 4.78 is 1.09. The molecule has 2 amide bonds. The van der Waals surface area contributed by atoms with Gasteiger partial charge in [0.25, 0.3) is 0 Å². The second-order valence-electron chi connectivity index (χ2n) is 7.53. The van der Waals surface area contributed by atoms with Crippen LogP contribution in [0.15, 0.2) is 65.1 Å². The van der Waals surface area contributed by atoms with Gasteiger partial charge in [0.2, 0.25) is 0 Å². The predicted octanol–water partition coefficient (Wildman–Crippen LogP) is 4.23. The van der Waals surface area contributed by atoms with Crippen LogP contribution in [-0.4, -0.2) is 43.7 Å². The van der Waals surface area contributed by atoms with Gasteiger partial charge in [0.05, 0.1) is 5.52 Å². The van der Waals surface area contributed by atoms with Crippen molar-refractivity contribution in [2.24, 2.45) is 5.92 Å². The minimum atomic E-state index is -0.121. The van der Waals surface area contributed by atoms with Gasteiger partial charge in [-0.25, -0.2) is 9.78 Å². The van der Waals surface area contributed by atoms with Gasteiger partial charge in [-0.1, -0.05) is 40.2 Å². The van der Waals surface area contributed by atoms with Gasteiger partial charge in [0.1, 0.15) is 5.82 Å². The summed E-state index contributed by atoms with van der Waals surface area (Å²) in [6, 6.07) is 20.3. The van der Waals surface area contributed by atoms with Gasteiger partial charge in [-0.3, -0.25) is 0 Å². The fraction of sp³-hybridized carbons (Fsp3) is 0.304. The Balaban J connectivity index is 1.14. The lowest BCUT2D eigenvalue weighted by molar-refractivity contribution is 0.239. The summed E-state index contributed by atoms with van der Waals surface area (Å²) in [5.74, 6) is 1.28. The molecule has 3 N–H and O–H groups in total. The largest absolute Gasteiger partial charge is 0.371 e. The number of carbonyl (C=O) groups is 1. The molecule has 1 fully saturated rings. The van der Waals surface area contributed by atoms with E-state index in [0.29, 0.717) is 25.6 Å². The molecule has 0 radical (unpaired) electrons. The first kappa shape index (κ1) is 20.5. The number of rotatable bonds is 7. The molecule has 2 heterocycles. The third-order valence-electron chi connectivity index (χ3n) is 5.33. The van der Waals surface area contributed by atoms with Gasteiger partial charge >= 0.3 is 6.03 Å². The van der Waals surface area contributed by atoms with Gasteiger partial charge in [-0.15, -0.1) is 0 Å². The van der Waals surface area contributed by atoms with Crippen LogP contribution in [0.4, 0.5) is 16.3 Å². The predicted molar refractivity (Wildman–Crippen MR) is 126 cm³/mol. The van der Waals surface area contributed by atoms with Gasteiger partial charge in [0.15, 0.2) is 0 Å². The highest BCUT2D eigenvalue weighted by molar-refractivity contribution is 9.10. The zero-order valence-electron chi connectivity index (χ0n) is 16.8. The molecule has 3 aromatic rings. The molecular formula is C23H26BrN5O. The summed E-state index contributed by atoms with van der Waals surface area (Å²) in [5.41, 5.74) is 2.19. The van der Waals surface area contributed by atoms with Crippen LogP contribution in [0.5, 0.6) is 0 Å². The Kier molecular flexibility index (Phi) is 6.69. The van der Waals surface area contributed by atoms with Crippen LogP contribution in [0.2, 0.25) is 0 Å². The lowest BCUT2D eigenvalue weighted by Crippen LogP contribution is -2.40. The SMILES string of the molecule is O=C(NCCNc1ccc2ccccc2n1)NCC1CCN(c2cccc(Br)c2)C1. The highest BCUT2D eigenvalue weighted by Gasteiger charge is 2.23. The fourth-order valence-corrected chi connectivity index (χ4v) is 4.12. The standard InChI is InChI=1S/C23H26BrN5O/c24-19-5-3-6-20(14-19)29-13-10-17(16-29)15-27-23(30)26-12-11-25-22-9-8-18-4-1-2-7-21(18)28-22/h1-9,14,17H,10-13,15-16H2,(H,25,28)(H2,26,27,30). The van der Waals surface area contributed by atoms with Crippen LogP contribution in [-0.2, 0) is 0 Å². The van der Waals surface area contributed by atoms with Crippen molar-refractivity contribution >= 4 is 44.4 Å². The number of nitrogens with one attached hydrogen (secondary N) is 3. The van der Waals surface area contributed by atoms with Crippen LogP contribution < -0.4 is 20.9 Å². The number of pyridine rings is 1. The molecule has 0 saturated carbocycles. The average Bonchev–Trinajstić information content (AvgIpc) is 3.24. The molecule has 156 valence electrons. The smallest absolute Gasteiger partial charge is 0.314 e. The molecule has 1 atom stereocenters. The Morgan fingerprint density at radius 2 is 1.97 bits per heavy atom. The van der Waals surface area contributed by atoms with E-state index in [4.69, 9.17) is 0 Å². The Bertz CT molecular complexity index is 1010. The maximum absolute atomic E-state index is 12.1. The van der Waals surface area contributed by atoms with Crippen molar-refractivity contribution in [2.45, 2.75) is 6.42 Å². The van der Waals surface area contributed by atoms with Gasteiger partial charge in [0, 0.05) is 48.3 Å². The minimum Gasteiger partial charge on any atom is -0.371 e. The molecule has 6 nitrogen and oxygen atoms in total. The number of carbonyl (C=O) groups excluding carboxylic acids is 1. The Morgan fingerprint density at radius 1 is 1.07 bits per heavy atom. The first-order valence-electron chi connectivity index (χ1n) is 10.3. The van der Waals surface area contributed by atoms with Crippen molar-refractivity contribution in [3.05, 3.63) is 65.1 Å². The van der Waals surface area contributed by atoms with E-state index in [1.54, 1.807) is 0 Å². The van der Waals surface area contributed by atoms with Crippen molar-refractivity contribution in [2.75, 3.05) is 42.9 Å². The number of aromatic nitrogens is 1. The normalized spacial score (nSPS) is 15.9. The summed E-state index contributed by atoms with van der Waals surface area (Å²) in [4.78, 5) is 19.0. The summed E-state index contributed by atoms with van der Waals surface area (Å²) in [6.45, 7) is 3.84. The summed E-state index contributed by atoms with van der Waals surface area (Å²) in [6.07, 6.45) is 1.09. The molecule has 4 rings (SSSR count). The van der Waals surface area contributed by atoms with E-state index in [9.17, 15) is 4.79 Å². The lowest BCUT2D eigenvalue weighted by Gasteiger charge is -2.19. The average molecular weight is 468 g/mol. The van der Waals surface area contributed by atoms with E-state index in [1.165, 1.54) is 5.69 Å². The van der Waals surface area contributed by atoms with Gasteiger partial charge < -0.3 is 20.9 Å². The number of halogens is 1. The number of nitrogens with zero attached hydrogens (tertiary/aromatic N) is 2. The third-order valence-corrected chi connectivity index (χ3v) is 5.82. The molecule has 1 unspecified atom stereocenters. The molecule has 1 aliphatic rings. The van der Waals surface area contributed by atoms with Crippen LogP contribution in [0.3, 0.4) is 0 Å². The number of hydrogen-bond donors (Lipinski definition) is 3. The number of anilines is 2. The van der Waals surface area contributed by atoms with Crippen molar-refractivity contribution in [3.63, 3.8) is 0 Å². The quantitative estimate of drug-likeness (QED) is 0.454. The van der Waals surface area contributed by atoms with Crippen molar-refractivity contribution in [1.29, 1.82) is 0 Å². The number of urea groups is 1. The topological polar surface area (TPSA) is 69.3 Å². The third kappa shape index (κ3) is 5.42. The second-order valence-corrected chi connectivity index (χ2v) is 8.45. The molecule has 2 aromatic carbocycles. The Labute approximate surface area is 185 Å². The highest BCUT2D eigenvalue weighted by atomic mass is 79.9. The second kappa shape index (κ2) is 9.80. The van der Waals surface area contributed by atoms with E-state index < -0.39 is 0 Å². The molecule has 0 spiro atoms. The molecule has 0 bridgehead atoms. The van der Waals surface area contributed by atoms with E-state index in [1.807, 2.05) is 42.5 Å². The molecule has 1 aromatic heterocycles. The molecular weight excluding hydrogens is 442 g/mol. The van der Waals surface area contributed by atoms with E-state index in [-0.39, 0.29) is 6.03 Å². The lowest BCUT2D eigenvalue weighted by atomic mass is 10.1. The van der Waals surface area contributed by atoms with Crippen molar-refractivity contribution in [3.8, 4) is 0 Å². The van der Waals surface area contributed by atoms with Crippen molar-refractivity contribution in [1.82, 2.24) is 15.6 Å². The van der Waals surface area contributed by atoms with E-state index in [0.717, 1.165) is 40.7 Å². The van der Waals surface area contributed by atoms with Gasteiger partial charge in [-0.05, 0) is 48.7 Å². The molecule has 0 aliphatic carbocycles. The number of benzene rings is 2. The van der Waals surface area contributed by atoms with Crippen LogP contribution >= 0.6 is 15.9 Å². The van der Waals surface area contributed by atoms with Crippen LogP contribution in [0, 0.1) is 5.92 Å². The molecule has 30 heavy (non-hydrogen) atoms. The Hall–Kier alpha value is -2.80. The van der Waals surface area contributed by atoms with Crippen LogP contribution in [0.1, 0.15) is 6.42 Å². The first-order valence-corrected chi connectivity index (χ1v) is 11.1. The molecule has 7 heteroatoms. The number of fused-ring (bicyclic) bond motifs is 1. The van der Waals surface area contributed by atoms with Gasteiger partial charge in [-0.2, -0.15) is 0 Å². The highest BCUT2D eigenvalue weighted by Crippen LogP contribution is 2.25. The minimum absolute atomic E-state index is 0.121. The zero-order valence-corrected chi connectivity index (χ0v) is 18.4. The maximum Gasteiger partial charge on any atom is 0.314 e.